The zero-order valence-electron chi connectivity index (χ0n) is 15.1. The van der Waals surface area contributed by atoms with Gasteiger partial charge in [-0.3, -0.25) is 24.5 Å². The van der Waals surface area contributed by atoms with Crippen LogP contribution in [0.4, 0.5) is 15.8 Å². The smallest absolute Gasteiger partial charge is 0.306 e. The highest BCUT2D eigenvalue weighted by Crippen LogP contribution is 2.23. The Bertz CT molecular complexity index is 940. The molecule has 2 aromatic rings. The van der Waals surface area contributed by atoms with Gasteiger partial charge in [0.2, 0.25) is 0 Å². The molecule has 0 aliphatic heterocycles. The Morgan fingerprint density at radius 3 is 2.54 bits per heavy atom. The quantitative estimate of drug-likeness (QED) is 0.309. The van der Waals surface area contributed by atoms with E-state index < -0.39 is 40.6 Å². The Kier molecular flexibility index (Phi) is 6.94. The Labute approximate surface area is 163 Å². The van der Waals surface area contributed by atoms with Gasteiger partial charge in [0.15, 0.2) is 12.4 Å². The van der Waals surface area contributed by atoms with Gasteiger partial charge in [0.1, 0.15) is 5.82 Å². The summed E-state index contributed by atoms with van der Waals surface area (Å²) in [6.07, 6.45) is -0.261. The molecule has 0 radical (unpaired) electrons. The molecule has 1 heterocycles. The van der Waals surface area contributed by atoms with Crippen LogP contribution in [0.3, 0.4) is 0 Å². The molecule has 1 amide bonds. The number of amides is 1. The van der Waals surface area contributed by atoms with Crippen LogP contribution in [0.2, 0.25) is 0 Å². The van der Waals surface area contributed by atoms with Gasteiger partial charge in [0.05, 0.1) is 17.0 Å². The number of Topliss-reactive ketones (excluding diaryl/α,β-unsaturated/α-hetero) is 1. The Morgan fingerprint density at radius 2 is 1.93 bits per heavy atom. The van der Waals surface area contributed by atoms with Crippen molar-refractivity contribution in [2.75, 3.05) is 11.9 Å². The summed E-state index contributed by atoms with van der Waals surface area (Å²) in [6.45, 7) is 3.00. The van der Waals surface area contributed by atoms with Crippen LogP contribution in [0.15, 0.2) is 24.3 Å². The van der Waals surface area contributed by atoms with Crippen LogP contribution in [0.1, 0.15) is 33.0 Å². The van der Waals surface area contributed by atoms with Crippen LogP contribution in [-0.2, 0) is 14.3 Å². The first-order chi connectivity index (χ1) is 13.2. The van der Waals surface area contributed by atoms with E-state index in [4.69, 9.17) is 4.74 Å². The third-order valence-corrected chi connectivity index (χ3v) is 4.66. The molecule has 0 atom stereocenters. The van der Waals surface area contributed by atoms with Crippen molar-refractivity contribution in [2.45, 2.75) is 26.7 Å². The van der Waals surface area contributed by atoms with Crippen molar-refractivity contribution in [2.24, 2.45) is 0 Å². The maximum Gasteiger partial charge on any atom is 0.306 e. The van der Waals surface area contributed by atoms with Gasteiger partial charge in [0, 0.05) is 33.9 Å². The maximum atomic E-state index is 13.6. The predicted molar refractivity (Wildman–Crippen MR) is 100 cm³/mol. The van der Waals surface area contributed by atoms with E-state index in [1.807, 2.05) is 13.8 Å². The van der Waals surface area contributed by atoms with Crippen LogP contribution in [0.5, 0.6) is 0 Å². The van der Waals surface area contributed by atoms with Crippen molar-refractivity contribution < 1.29 is 28.4 Å². The summed E-state index contributed by atoms with van der Waals surface area (Å²) < 4.78 is 18.4. The molecule has 0 aliphatic carbocycles. The molecule has 0 aliphatic rings. The van der Waals surface area contributed by atoms with Crippen LogP contribution >= 0.6 is 11.3 Å². The fraction of sp³-hybridized carbons (Fsp3) is 0.278. The molecule has 0 saturated heterocycles. The van der Waals surface area contributed by atoms with Crippen molar-refractivity contribution in [3.05, 3.63) is 55.5 Å². The number of esters is 1. The first kappa shape index (κ1) is 21.2. The summed E-state index contributed by atoms with van der Waals surface area (Å²) >= 11 is 1.49. The average molecular weight is 408 g/mol. The number of nitrogens with one attached hydrogen (secondary N) is 1. The number of hydrogen-bond acceptors (Lipinski definition) is 7. The van der Waals surface area contributed by atoms with E-state index in [9.17, 15) is 28.9 Å². The number of nitro benzene ring substituents is 1. The molecule has 1 N–H and O–H groups in total. The van der Waals surface area contributed by atoms with Crippen LogP contribution in [0, 0.1) is 29.8 Å². The molecule has 1 aromatic heterocycles. The van der Waals surface area contributed by atoms with Crippen molar-refractivity contribution in [1.82, 2.24) is 0 Å². The topological polar surface area (TPSA) is 116 Å². The first-order valence-electron chi connectivity index (χ1n) is 8.17. The fourth-order valence-corrected chi connectivity index (χ4v) is 3.33. The van der Waals surface area contributed by atoms with E-state index in [0.717, 1.165) is 28.0 Å². The number of rotatable bonds is 8. The van der Waals surface area contributed by atoms with Crippen LogP contribution < -0.4 is 5.32 Å². The van der Waals surface area contributed by atoms with Gasteiger partial charge in [-0.15, -0.1) is 11.3 Å². The number of carbonyl (C=O) groups excluding carboxylic acids is 3. The highest BCUT2D eigenvalue weighted by atomic mass is 32.1. The lowest BCUT2D eigenvalue weighted by Crippen LogP contribution is -2.21. The zero-order valence-corrected chi connectivity index (χ0v) is 15.9. The Balaban J connectivity index is 1.82. The van der Waals surface area contributed by atoms with E-state index in [-0.39, 0.29) is 18.6 Å². The number of anilines is 1. The molecular formula is C18H17FN2O6S. The molecular weight excluding hydrogens is 391 g/mol. The van der Waals surface area contributed by atoms with Crippen molar-refractivity contribution in [3.63, 3.8) is 0 Å². The molecule has 0 bridgehead atoms. The highest BCUT2D eigenvalue weighted by Gasteiger charge is 2.16. The second kappa shape index (κ2) is 9.18. The summed E-state index contributed by atoms with van der Waals surface area (Å²) in [5.41, 5.74) is -0.228. The second-order valence-corrected chi connectivity index (χ2v) is 7.34. The monoisotopic (exact) mass is 408 g/mol. The third-order valence-electron chi connectivity index (χ3n) is 3.70. The largest absolute Gasteiger partial charge is 0.456 e. The lowest BCUT2D eigenvalue weighted by Gasteiger charge is -2.07. The maximum absolute atomic E-state index is 13.6. The average Bonchev–Trinajstić information content (AvgIpc) is 2.97. The van der Waals surface area contributed by atoms with E-state index in [1.165, 1.54) is 11.3 Å². The molecule has 2 rings (SSSR count). The fourth-order valence-electron chi connectivity index (χ4n) is 2.39. The normalized spacial score (nSPS) is 10.4. The number of benzene rings is 1. The van der Waals surface area contributed by atoms with E-state index >= 15 is 0 Å². The molecule has 148 valence electrons. The number of hydrogen-bond donors (Lipinski definition) is 1. The van der Waals surface area contributed by atoms with E-state index in [1.54, 1.807) is 6.07 Å². The van der Waals surface area contributed by atoms with Gasteiger partial charge >= 0.3 is 5.97 Å². The van der Waals surface area contributed by atoms with Gasteiger partial charge in [-0.2, -0.15) is 0 Å². The number of halogens is 1. The molecule has 0 fully saturated rings. The summed E-state index contributed by atoms with van der Waals surface area (Å²) in [7, 11) is 0. The number of non-ortho nitro benzene ring substituents is 1. The molecule has 1 aromatic carbocycles. The van der Waals surface area contributed by atoms with Crippen LogP contribution in [0.25, 0.3) is 0 Å². The number of carbonyl (C=O) groups is 3. The SMILES string of the molecule is Cc1cc(C(=O)CCC(=O)OCC(=O)Nc2cc([N+](=O)[O-])ccc2F)c(C)s1. The molecule has 0 spiro atoms. The summed E-state index contributed by atoms with van der Waals surface area (Å²) in [5.74, 6) is -2.67. The number of nitrogens with zero attached hydrogens (tertiary/aromatic N) is 1. The minimum Gasteiger partial charge on any atom is -0.456 e. The van der Waals surface area contributed by atoms with Gasteiger partial charge in [-0.1, -0.05) is 0 Å². The zero-order chi connectivity index (χ0) is 20.8. The number of aryl methyl sites for hydroxylation is 2. The summed E-state index contributed by atoms with van der Waals surface area (Å²) in [6, 6.07) is 4.42. The van der Waals surface area contributed by atoms with Gasteiger partial charge in [0.25, 0.3) is 11.6 Å². The second-order valence-electron chi connectivity index (χ2n) is 5.88. The van der Waals surface area contributed by atoms with Gasteiger partial charge in [-0.05, 0) is 26.0 Å². The number of ketones is 1. The minimum absolute atomic E-state index is 0.0586. The summed E-state index contributed by atoms with van der Waals surface area (Å²) in [4.78, 5) is 47.4. The van der Waals surface area contributed by atoms with Crippen LogP contribution in [-0.4, -0.2) is 29.2 Å². The van der Waals surface area contributed by atoms with E-state index in [2.05, 4.69) is 5.32 Å². The molecule has 0 unspecified atom stereocenters. The van der Waals surface area contributed by atoms with Crippen molar-refractivity contribution >= 4 is 40.4 Å². The van der Waals surface area contributed by atoms with Gasteiger partial charge in [-0.25, -0.2) is 4.39 Å². The lowest BCUT2D eigenvalue weighted by atomic mass is 10.1. The van der Waals surface area contributed by atoms with Gasteiger partial charge < -0.3 is 10.1 Å². The predicted octanol–water partition coefficient (Wildman–Crippen LogP) is 3.56. The minimum atomic E-state index is -0.864. The molecule has 10 heteroatoms. The molecule has 0 saturated carbocycles. The van der Waals surface area contributed by atoms with Crippen molar-refractivity contribution in [1.29, 1.82) is 0 Å². The highest BCUT2D eigenvalue weighted by molar-refractivity contribution is 7.12. The van der Waals surface area contributed by atoms with E-state index in [0.29, 0.717) is 5.56 Å². The number of thiophene rings is 1. The molecule has 28 heavy (non-hydrogen) atoms. The van der Waals surface area contributed by atoms with Crippen molar-refractivity contribution in [3.8, 4) is 0 Å². The Morgan fingerprint density at radius 1 is 1.21 bits per heavy atom. The number of ether oxygens (including phenoxy) is 1. The summed E-state index contributed by atoms with van der Waals surface area (Å²) in [5, 5.41) is 12.8. The lowest BCUT2D eigenvalue weighted by molar-refractivity contribution is -0.384. The first-order valence-corrected chi connectivity index (χ1v) is 8.98. The molecule has 8 nitrogen and oxygen atoms in total. The third kappa shape index (κ3) is 5.68. The Hall–Kier alpha value is -3.14. The standard InChI is InChI=1S/C18H17FN2O6S/c1-10-7-13(11(2)28-10)16(22)5-6-18(24)27-9-17(23)20-15-8-12(21(25)26)3-4-14(15)19/h3-4,7-8H,5-6,9H2,1-2H3,(H,20,23). The number of nitro groups is 1.